The number of carboxylic acid groups (broad SMARTS) is 2. The summed E-state index contributed by atoms with van der Waals surface area (Å²) in [6, 6.07) is 0. The monoisotopic (exact) mass is 450 g/mol. The normalized spacial score (nSPS) is 14.9. The minimum absolute atomic E-state index is 0.250. The molecule has 0 aliphatic rings. The van der Waals surface area contributed by atoms with Crippen LogP contribution in [0.1, 0.15) is 117 Å². The molecule has 0 aliphatic carbocycles. The van der Waals surface area contributed by atoms with Gasteiger partial charge in [0.1, 0.15) is 0 Å². The molecule has 0 aromatic heterocycles. The molecule has 0 fully saturated rings. The molecule has 0 saturated heterocycles. The quantitative estimate of drug-likeness (QED) is 0.161. The predicted octanol–water partition coefficient (Wildman–Crippen LogP) is 5.68. The molecule has 0 aromatic rings. The third-order valence-corrected chi connectivity index (χ3v) is 7.34. The van der Waals surface area contributed by atoms with E-state index < -0.39 is 33.2 Å². The summed E-state index contributed by atoms with van der Waals surface area (Å²) in [5, 5.41) is 18.7. The molecular formula is C22H42O7S. The summed E-state index contributed by atoms with van der Waals surface area (Å²) in [7, 11) is -5.08. The van der Waals surface area contributed by atoms with Crippen LogP contribution >= 0.6 is 0 Å². The Hall–Kier alpha value is -1.15. The van der Waals surface area contributed by atoms with E-state index >= 15 is 0 Å². The summed E-state index contributed by atoms with van der Waals surface area (Å²) in [5.74, 6) is -3.59. The van der Waals surface area contributed by atoms with Gasteiger partial charge in [-0.3, -0.25) is 14.1 Å². The van der Waals surface area contributed by atoms with Crippen molar-refractivity contribution in [1.82, 2.24) is 0 Å². The molecule has 2 unspecified atom stereocenters. The number of carboxylic acids is 2. The van der Waals surface area contributed by atoms with E-state index in [9.17, 15) is 27.7 Å². The van der Waals surface area contributed by atoms with Crippen molar-refractivity contribution in [2.75, 3.05) is 0 Å². The average molecular weight is 451 g/mol. The van der Waals surface area contributed by atoms with E-state index in [1.807, 2.05) is 0 Å². The van der Waals surface area contributed by atoms with Crippen molar-refractivity contribution in [2.45, 2.75) is 121 Å². The second kappa shape index (κ2) is 15.6. The van der Waals surface area contributed by atoms with Crippen molar-refractivity contribution >= 4 is 22.1 Å². The maximum Gasteiger partial charge on any atom is 0.328 e. The molecule has 30 heavy (non-hydrogen) atoms. The van der Waals surface area contributed by atoms with Gasteiger partial charge in [-0.25, -0.2) is 0 Å². The first-order chi connectivity index (χ1) is 14.1. The second-order valence-corrected chi connectivity index (χ2v) is 10.3. The largest absolute Gasteiger partial charge is 0.481 e. The summed E-state index contributed by atoms with van der Waals surface area (Å²) in [6.45, 7) is 4.27. The highest BCUT2D eigenvalue weighted by Gasteiger charge is 2.53. The molecule has 0 radical (unpaired) electrons. The first-order valence-corrected chi connectivity index (χ1v) is 13.0. The summed E-state index contributed by atoms with van der Waals surface area (Å²) >= 11 is 0. The van der Waals surface area contributed by atoms with Crippen LogP contribution in [0.25, 0.3) is 0 Å². The zero-order valence-corrected chi connectivity index (χ0v) is 19.6. The number of carbonyl (C=O) groups is 2. The number of aliphatic carboxylic acids is 2. The van der Waals surface area contributed by atoms with Crippen LogP contribution in [0.2, 0.25) is 0 Å². The Bertz CT molecular complexity index is 588. The Morgan fingerprint density at radius 3 is 1.50 bits per heavy atom. The molecule has 0 rings (SSSR count). The molecule has 0 saturated carbocycles. The van der Waals surface area contributed by atoms with Gasteiger partial charge in [0.05, 0.1) is 6.42 Å². The minimum atomic E-state index is -5.08. The van der Waals surface area contributed by atoms with Crippen LogP contribution in [-0.4, -0.2) is 39.9 Å². The molecule has 0 spiro atoms. The van der Waals surface area contributed by atoms with Crippen LogP contribution in [0, 0.1) is 5.92 Å². The van der Waals surface area contributed by atoms with Crippen LogP contribution < -0.4 is 0 Å². The van der Waals surface area contributed by atoms with Crippen molar-refractivity contribution in [3.8, 4) is 0 Å². The first-order valence-electron chi connectivity index (χ1n) is 11.5. The maximum absolute atomic E-state index is 12.0. The van der Waals surface area contributed by atoms with Gasteiger partial charge in [0.15, 0.2) is 0 Å². The Kier molecular flexibility index (Phi) is 15.0. The Balaban J connectivity index is 5.13. The molecule has 3 N–H and O–H groups in total. The van der Waals surface area contributed by atoms with Gasteiger partial charge in [-0.1, -0.05) is 104 Å². The molecular weight excluding hydrogens is 408 g/mol. The topological polar surface area (TPSA) is 129 Å². The number of rotatable bonds is 20. The van der Waals surface area contributed by atoms with E-state index in [-0.39, 0.29) is 12.3 Å². The molecule has 8 heteroatoms. The molecule has 178 valence electrons. The van der Waals surface area contributed by atoms with Gasteiger partial charge >= 0.3 is 11.9 Å². The summed E-state index contributed by atoms with van der Waals surface area (Å²) in [4.78, 5) is 23.1. The van der Waals surface area contributed by atoms with Gasteiger partial charge < -0.3 is 10.2 Å². The molecule has 7 nitrogen and oxygen atoms in total. The van der Waals surface area contributed by atoms with Crippen LogP contribution in [-0.2, 0) is 19.7 Å². The van der Waals surface area contributed by atoms with E-state index in [4.69, 9.17) is 5.11 Å². The van der Waals surface area contributed by atoms with Gasteiger partial charge in [0, 0.05) is 0 Å². The van der Waals surface area contributed by atoms with Crippen LogP contribution in [0.15, 0.2) is 0 Å². The molecule has 0 heterocycles. The fourth-order valence-electron chi connectivity index (χ4n) is 4.03. The summed E-state index contributed by atoms with van der Waals surface area (Å²) in [5.41, 5.74) is 0. The van der Waals surface area contributed by atoms with Crippen LogP contribution in [0.5, 0.6) is 0 Å². The Labute approximate surface area is 182 Å². The lowest BCUT2D eigenvalue weighted by atomic mass is 9.84. The molecule has 0 bridgehead atoms. The Morgan fingerprint density at radius 1 is 0.767 bits per heavy atom. The molecule has 2 atom stereocenters. The number of unbranched alkanes of at least 4 members (excludes halogenated alkanes) is 10. The van der Waals surface area contributed by atoms with Gasteiger partial charge in [-0.05, 0) is 12.3 Å². The van der Waals surface area contributed by atoms with Gasteiger partial charge in [-0.2, -0.15) is 8.42 Å². The van der Waals surface area contributed by atoms with Crippen molar-refractivity contribution in [3.63, 3.8) is 0 Å². The molecule has 0 amide bonds. The highest BCUT2D eigenvalue weighted by Crippen LogP contribution is 2.35. The minimum Gasteiger partial charge on any atom is -0.481 e. The van der Waals surface area contributed by atoms with Crippen LogP contribution in [0.3, 0.4) is 0 Å². The third kappa shape index (κ3) is 11.3. The zero-order chi connectivity index (χ0) is 23.0. The fraction of sp³-hybridized carbons (Fsp3) is 0.909. The molecule has 0 aliphatic heterocycles. The number of hydrogen-bond acceptors (Lipinski definition) is 4. The van der Waals surface area contributed by atoms with E-state index in [1.165, 1.54) is 19.3 Å². The van der Waals surface area contributed by atoms with Crippen LogP contribution in [0.4, 0.5) is 0 Å². The SMILES string of the molecule is CCCCCCCCCC(CCCCCCC)CC(CC(=O)O)(C(=O)O)S(=O)(=O)O. The molecule has 0 aromatic carbocycles. The van der Waals surface area contributed by atoms with E-state index in [0.717, 1.165) is 57.8 Å². The first kappa shape index (κ1) is 28.9. The standard InChI is InChI=1S/C22H42O7S/c1-3-5-7-9-10-12-14-16-19(15-13-11-8-6-4-2)17-22(21(25)26,18-20(23)24)30(27,28)29/h19H,3-18H2,1-2H3,(H,23,24)(H,25,26)(H,27,28,29). The average Bonchev–Trinajstić information content (AvgIpc) is 2.64. The van der Waals surface area contributed by atoms with Gasteiger partial charge in [0.2, 0.25) is 4.75 Å². The van der Waals surface area contributed by atoms with Crippen molar-refractivity contribution in [2.24, 2.45) is 5.92 Å². The predicted molar refractivity (Wildman–Crippen MR) is 118 cm³/mol. The van der Waals surface area contributed by atoms with Crippen molar-refractivity contribution in [3.05, 3.63) is 0 Å². The van der Waals surface area contributed by atoms with Crippen molar-refractivity contribution in [1.29, 1.82) is 0 Å². The maximum atomic E-state index is 12.0. The van der Waals surface area contributed by atoms with E-state index in [0.29, 0.717) is 12.8 Å². The highest BCUT2D eigenvalue weighted by atomic mass is 32.2. The van der Waals surface area contributed by atoms with Gasteiger partial charge in [-0.15, -0.1) is 0 Å². The lowest BCUT2D eigenvalue weighted by molar-refractivity contribution is -0.147. The highest BCUT2D eigenvalue weighted by molar-refractivity contribution is 7.88. The smallest absolute Gasteiger partial charge is 0.328 e. The number of hydrogen-bond donors (Lipinski definition) is 3. The van der Waals surface area contributed by atoms with Crippen molar-refractivity contribution < 1.29 is 32.8 Å². The zero-order valence-electron chi connectivity index (χ0n) is 18.8. The summed E-state index contributed by atoms with van der Waals surface area (Å²) in [6.07, 6.45) is 12.6. The third-order valence-electron chi connectivity index (χ3n) is 5.87. The van der Waals surface area contributed by atoms with E-state index in [2.05, 4.69) is 13.8 Å². The van der Waals surface area contributed by atoms with Gasteiger partial charge in [0.25, 0.3) is 10.1 Å². The lowest BCUT2D eigenvalue weighted by Crippen LogP contribution is -2.49. The second-order valence-electron chi connectivity index (χ2n) is 8.53. The fourth-order valence-corrected chi connectivity index (χ4v) is 5.00. The summed E-state index contributed by atoms with van der Waals surface area (Å²) < 4.78 is 30.9. The Morgan fingerprint density at radius 2 is 1.17 bits per heavy atom. The van der Waals surface area contributed by atoms with E-state index in [1.54, 1.807) is 0 Å². The lowest BCUT2D eigenvalue weighted by Gasteiger charge is -2.29.